The van der Waals surface area contributed by atoms with E-state index in [1.807, 2.05) is 22.9 Å². The first-order valence-electron chi connectivity index (χ1n) is 21.5. The van der Waals surface area contributed by atoms with Crippen LogP contribution >= 0.6 is 18.6 Å². The van der Waals surface area contributed by atoms with Crippen LogP contribution in [0.5, 0.6) is 0 Å². The molecule has 0 aromatic heterocycles. The van der Waals surface area contributed by atoms with Gasteiger partial charge in [0.1, 0.15) is 0 Å². The molecule has 0 radical (unpaired) electrons. The number of carbonyl (C=O) groups is 2. The Kier molecular flexibility index (Phi) is 19.3. The third kappa shape index (κ3) is 11.8. The number of amides is 3. The molecule has 3 heterocycles. The van der Waals surface area contributed by atoms with Crippen molar-refractivity contribution in [3.63, 3.8) is 0 Å². The minimum Gasteiger partial charge on any atom is -0.317 e. The fraction of sp³-hybridized carbons (Fsp3) is 0.814. The maximum atomic E-state index is 13.1. The van der Waals surface area contributed by atoms with Crippen LogP contribution in [0.25, 0.3) is 0 Å². The number of allylic oxidation sites excluding steroid dienone is 3. The van der Waals surface area contributed by atoms with Gasteiger partial charge < -0.3 is 5.32 Å². The number of hydrogen-bond acceptors (Lipinski definition) is 5. The molecule has 7 nitrogen and oxygen atoms in total. The molecule has 0 aliphatic carbocycles. The summed E-state index contributed by atoms with van der Waals surface area (Å²) in [5, 5.41) is 10.1. The van der Waals surface area contributed by atoms with Crippen LogP contribution < -0.4 is 16.0 Å². The summed E-state index contributed by atoms with van der Waals surface area (Å²) in [6.45, 7) is 21.3. The summed E-state index contributed by atoms with van der Waals surface area (Å²) in [5.74, 6) is 0.524. The third-order valence-electron chi connectivity index (χ3n) is 13.2. The Morgan fingerprint density at radius 3 is 2.17 bits per heavy atom. The predicted molar refractivity (Wildman–Crippen MR) is 229 cm³/mol. The van der Waals surface area contributed by atoms with E-state index in [2.05, 4.69) is 83.1 Å². The van der Waals surface area contributed by atoms with Crippen LogP contribution in [0.15, 0.2) is 36.2 Å². The van der Waals surface area contributed by atoms with Crippen LogP contribution in [0, 0.1) is 11.3 Å². The SMILES string of the molecule is C=CC1CC(N2C=C(C)/C(=C\CC)NC2=O)SC1COP1(CC)(CC)CC1C(CC)(CC)CCC(=O)NCCCCCCCCCCCCNCC. The number of nitrogens with one attached hydrogen (secondary N) is 3. The molecule has 2 saturated heterocycles. The van der Waals surface area contributed by atoms with Crippen LogP contribution in [0.1, 0.15) is 151 Å². The van der Waals surface area contributed by atoms with Gasteiger partial charge in [0.25, 0.3) is 0 Å². The van der Waals surface area contributed by atoms with E-state index >= 15 is 0 Å². The first-order valence-corrected chi connectivity index (χ1v) is 25.2. The van der Waals surface area contributed by atoms with Crippen molar-refractivity contribution < 1.29 is 14.1 Å². The van der Waals surface area contributed by atoms with Gasteiger partial charge in [-0.3, -0.25) is 0 Å². The van der Waals surface area contributed by atoms with Gasteiger partial charge in [0.05, 0.1) is 0 Å². The van der Waals surface area contributed by atoms with Crippen molar-refractivity contribution in [3.05, 3.63) is 36.2 Å². The van der Waals surface area contributed by atoms with Gasteiger partial charge >= 0.3 is 268 Å². The van der Waals surface area contributed by atoms with E-state index in [0.717, 1.165) is 75.2 Å². The Bertz CT molecular complexity index is 1180. The zero-order valence-electron chi connectivity index (χ0n) is 34.5. The minimum absolute atomic E-state index is 0.0408. The molecule has 4 atom stereocenters. The fourth-order valence-corrected chi connectivity index (χ4v) is 17.9. The number of hydrogen-bond donors (Lipinski definition) is 3. The molecule has 3 aliphatic heterocycles. The van der Waals surface area contributed by atoms with Gasteiger partial charge in [0, 0.05) is 0 Å². The van der Waals surface area contributed by atoms with Crippen molar-refractivity contribution in [2.75, 3.05) is 44.7 Å². The topological polar surface area (TPSA) is 82.7 Å². The molecule has 300 valence electrons. The summed E-state index contributed by atoms with van der Waals surface area (Å²) >= 11 is 1.88. The molecule has 3 aliphatic rings. The predicted octanol–water partition coefficient (Wildman–Crippen LogP) is 11.0. The molecule has 9 heteroatoms. The molecule has 0 saturated carbocycles. The Labute approximate surface area is 324 Å². The summed E-state index contributed by atoms with van der Waals surface area (Å²) < 4.78 is 7.38. The third-order valence-corrected chi connectivity index (χ3v) is 21.8. The van der Waals surface area contributed by atoms with Gasteiger partial charge in [-0.15, -0.1) is 0 Å². The molecule has 0 aromatic rings. The Balaban J connectivity index is 1.46. The minimum atomic E-state index is -2.40. The molecule has 3 rings (SSSR count). The summed E-state index contributed by atoms with van der Waals surface area (Å²) in [6.07, 6.45) is 28.2. The number of thioether (sulfide) groups is 1. The van der Waals surface area contributed by atoms with Crippen LogP contribution in [0.3, 0.4) is 0 Å². The molecule has 3 amide bonds. The molecule has 52 heavy (non-hydrogen) atoms. The average Bonchev–Trinajstić information content (AvgIpc) is 3.67. The quantitative estimate of drug-likeness (QED) is 0.0420. The van der Waals surface area contributed by atoms with Crippen LogP contribution in [0.2, 0.25) is 0 Å². The van der Waals surface area contributed by atoms with Crippen LogP contribution in [-0.2, 0) is 9.32 Å². The van der Waals surface area contributed by atoms with E-state index in [-0.39, 0.29) is 28.0 Å². The van der Waals surface area contributed by atoms with Crippen molar-refractivity contribution in [3.8, 4) is 0 Å². The van der Waals surface area contributed by atoms with E-state index in [1.54, 1.807) is 0 Å². The van der Waals surface area contributed by atoms with Crippen molar-refractivity contribution in [2.45, 2.75) is 167 Å². The first-order chi connectivity index (χ1) is 25.1. The van der Waals surface area contributed by atoms with Crippen molar-refractivity contribution in [1.82, 2.24) is 20.9 Å². The van der Waals surface area contributed by atoms with Gasteiger partial charge in [-0.05, 0) is 19.5 Å². The summed E-state index contributed by atoms with van der Waals surface area (Å²) in [5.41, 5.74) is 2.74. The number of nitrogens with zero attached hydrogens (tertiary/aromatic N) is 1. The molecular formula is C43H79N4O3PS. The van der Waals surface area contributed by atoms with Crippen molar-refractivity contribution >= 4 is 30.5 Å². The molecule has 0 bridgehead atoms. The molecule has 0 aromatic carbocycles. The van der Waals surface area contributed by atoms with E-state index < -0.39 is 6.83 Å². The summed E-state index contributed by atoms with van der Waals surface area (Å²) in [6, 6.07) is -0.0408. The molecular weight excluding hydrogens is 684 g/mol. The zero-order chi connectivity index (χ0) is 38.1. The van der Waals surface area contributed by atoms with Gasteiger partial charge in [0.15, 0.2) is 0 Å². The van der Waals surface area contributed by atoms with Gasteiger partial charge in [-0.1, -0.05) is 32.6 Å². The van der Waals surface area contributed by atoms with Crippen molar-refractivity contribution in [2.24, 2.45) is 11.3 Å². The van der Waals surface area contributed by atoms with E-state index in [9.17, 15) is 9.59 Å². The van der Waals surface area contributed by atoms with Crippen molar-refractivity contribution in [1.29, 1.82) is 0 Å². The van der Waals surface area contributed by atoms with E-state index in [1.165, 1.54) is 70.5 Å². The maximum absolute atomic E-state index is 13.1. The zero-order valence-corrected chi connectivity index (χ0v) is 36.3. The first kappa shape index (κ1) is 45.1. The monoisotopic (exact) mass is 763 g/mol. The summed E-state index contributed by atoms with van der Waals surface area (Å²) in [4.78, 5) is 28.1. The number of unbranched alkanes of at least 4 members (excludes halogenated alkanes) is 9. The van der Waals surface area contributed by atoms with Gasteiger partial charge in [-0.25, -0.2) is 0 Å². The second-order valence-corrected chi connectivity index (χ2v) is 23.4. The van der Waals surface area contributed by atoms with E-state index in [4.69, 9.17) is 4.52 Å². The normalized spacial score (nSPS) is 25.3. The van der Waals surface area contributed by atoms with Crippen LogP contribution in [-0.4, -0.2) is 77.8 Å². The van der Waals surface area contributed by atoms with E-state index in [0.29, 0.717) is 24.6 Å². The Morgan fingerprint density at radius 1 is 1.00 bits per heavy atom. The molecule has 4 unspecified atom stereocenters. The average molecular weight is 763 g/mol. The molecule has 3 N–H and O–H groups in total. The van der Waals surface area contributed by atoms with Gasteiger partial charge in [0.2, 0.25) is 0 Å². The second kappa shape index (κ2) is 22.3. The standard InChI is InChI=1S/C43H79N4O3PS/c1-9-26-37-35(8)32-47(42(49)46-37)41-31-36(10-2)38(52-41)33-50-51(14-6,15-7)34-39(51)43(11-3,12-4)28-27-40(48)45-30-25-23-21-19-17-16-18-20-22-24-29-44-13-5/h10,26,32,36,38-39,41,44H,2,9,11-25,27-31,33-34H2,1,3-8H3,(H,45,48)(H,46,49)/b37-26+. The summed E-state index contributed by atoms with van der Waals surface area (Å²) in [7, 11) is 0. The fourth-order valence-electron chi connectivity index (χ4n) is 9.24. The number of carbonyl (C=O) groups excluding carboxylic acids is 2. The smallest absolute Gasteiger partial charge is 0.317 e. The Morgan fingerprint density at radius 2 is 1.62 bits per heavy atom. The Hall–Kier alpha value is -1.34. The van der Waals surface area contributed by atoms with Crippen LogP contribution in [0.4, 0.5) is 4.79 Å². The number of urea groups is 1. The molecule has 0 spiro atoms. The second-order valence-electron chi connectivity index (χ2n) is 16.1. The number of rotatable bonds is 28. The van der Waals surface area contributed by atoms with Gasteiger partial charge in [-0.2, -0.15) is 0 Å². The molecule has 2 fully saturated rings.